The van der Waals surface area contributed by atoms with Gasteiger partial charge in [-0.25, -0.2) is 4.79 Å². The van der Waals surface area contributed by atoms with Gasteiger partial charge in [0.1, 0.15) is 12.1 Å². The van der Waals surface area contributed by atoms with E-state index < -0.39 is 18.1 Å². The fourth-order valence-electron chi connectivity index (χ4n) is 5.55. The number of piperidine rings is 1. The molecule has 9 heteroatoms. The molecule has 37 heavy (non-hydrogen) atoms. The zero-order chi connectivity index (χ0) is 28.0. The smallest absolute Gasteiger partial charge is 0.326 e. The van der Waals surface area contributed by atoms with Crippen LogP contribution >= 0.6 is 0 Å². The van der Waals surface area contributed by atoms with Gasteiger partial charge >= 0.3 is 5.97 Å². The summed E-state index contributed by atoms with van der Waals surface area (Å²) in [5.41, 5.74) is 0.423. The average Bonchev–Trinajstić information content (AvgIpc) is 3.34. The highest BCUT2D eigenvalue weighted by Gasteiger charge is 2.37. The summed E-state index contributed by atoms with van der Waals surface area (Å²) in [5, 5.41) is 12.5. The van der Waals surface area contributed by atoms with E-state index in [1.807, 2.05) is 27.7 Å². The normalized spacial score (nSPS) is 22.9. The highest BCUT2D eigenvalue weighted by atomic mass is 16.4. The first-order valence-electron chi connectivity index (χ1n) is 13.8. The molecule has 0 aromatic heterocycles. The summed E-state index contributed by atoms with van der Waals surface area (Å²) in [5.74, 6) is -1.72. The SMILES string of the molecule is CC(=C[C@H](C(C)C)N(C)C(=O)[C@@H](NC(=O)[C@H]1CCCCN1C(C)C)C(C)C)C(=O)N1CCC[C@H]1C(=O)O. The first kappa shape index (κ1) is 30.8. The Hall–Kier alpha value is -2.42. The second-order valence-electron chi connectivity index (χ2n) is 11.6. The van der Waals surface area contributed by atoms with Crippen LogP contribution in [0.25, 0.3) is 0 Å². The van der Waals surface area contributed by atoms with Gasteiger partial charge in [0.15, 0.2) is 0 Å². The Morgan fingerprint density at radius 3 is 2.08 bits per heavy atom. The third-order valence-electron chi connectivity index (χ3n) is 7.78. The number of hydrogen-bond donors (Lipinski definition) is 2. The molecule has 2 rings (SSSR count). The Bertz CT molecular complexity index is 869. The Balaban J connectivity index is 2.21. The van der Waals surface area contributed by atoms with Gasteiger partial charge in [-0.05, 0) is 64.8 Å². The fraction of sp³-hybridized carbons (Fsp3) is 0.786. The summed E-state index contributed by atoms with van der Waals surface area (Å²) in [6.45, 7) is 15.0. The van der Waals surface area contributed by atoms with E-state index >= 15 is 0 Å². The maximum atomic E-state index is 13.7. The second-order valence-corrected chi connectivity index (χ2v) is 11.6. The Morgan fingerprint density at radius 1 is 0.919 bits per heavy atom. The summed E-state index contributed by atoms with van der Waals surface area (Å²) in [7, 11) is 1.71. The zero-order valence-corrected chi connectivity index (χ0v) is 24.0. The molecule has 0 radical (unpaired) electrons. The predicted molar refractivity (Wildman–Crippen MR) is 144 cm³/mol. The Labute approximate surface area is 222 Å². The van der Waals surface area contributed by atoms with Crippen molar-refractivity contribution in [1.29, 1.82) is 0 Å². The number of likely N-dealkylation sites (tertiary alicyclic amines) is 2. The van der Waals surface area contributed by atoms with Gasteiger partial charge in [0.2, 0.25) is 17.7 Å². The lowest BCUT2D eigenvalue weighted by Crippen LogP contribution is -2.58. The number of nitrogens with one attached hydrogen (secondary N) is 1. The number of carboxylic acid groups (broad SMARTS) is 1. The van der Waals surface area contributed by atoms with Gasteiger partial charge in [0.25, 0.3) is 0 Å². The maximum Gasteiger partial charge on any atom is 0.326 e. The van der Waals surface area contributed by atoms with Crippen molar-refractivity contribution in [3.8, 4) is 0 Å². The zero-order valence-electron chi connectivity index (χ0n) is 24.0. The lowest BCUT2D eigenvalue weighted by molar-refractivity contribution is -0.146. The molecule has 0 bridgehead atoms. The number of rotatable bonds is 10. The minimum atomic E-state index is -0.990. The maximum absolute atomic E-state index is 13.7. The third kappa shape index (κ3) is 7.55. The Kier molecular flexibility index (Phi) is 11.2. The van der Waals surface area contributed by atoms with Crippen LogP contribution in [0.3, 0.4) is 0 Å². The largest absolute Gasteiger partial charge is 0.480 e. The van der Waals surface area contributed by atoms with E-state index in [0.29, 0.717) is 25.0 Å². The summed E-state index contributed by atoms with van der Waals surface area (Å²) in [6, 6.07) is -1.87. The minimum absolute atomic E-state index is 0.00356. The number of aliphatic carboxylic acids is 1. The minimum Gasteiger partial charge on any atom is -0.480 e. The van der Waals surface area contributed by atoms with Crippen molar-refractivity contribution < 1.29 is 24.3 Å². The van der Waals surface area contributed by atoms with Gasteiger partial charge in [0, 0.05) is 25.2 Å². The molecule has 2 fully saturated rings. The molecule has 0 spiro atoms. The van der Waals surface area contributed by atoms with Gasteiger partial charge < -0.3 is 20.2 Å². The van der Waals surface area contributed by atoms with Gasteiger partial charge in [0.05, 0.1) is 12.1 Å². The van der Waals surface area contributed by atoms with Crippen LogP contribution in [-0.4, -0.2) is 93.8 Å². The van der Waals surface area contributed by atoms with Gasteiger partial charge in [-0.15, -0.1) is 0 Å². The van der Waals surface area contributed by atoms with Crippen molar-refractivity contribution in [1.82, 2.24) is 20.0 Å². The van der Waals surface area contributed by atoms with Crippen LogP contribution in [0.4, 0.5) is 0 Å². The van der Waals surface area contributed by atoms with Crippen LogP contribution in [0.1, 0.15) is 80.6 Å². The summed E-state index contributed by atoms with van der Waals surface area (Å²) >= 11 is 0. The molecular weight excluding hydrogens is 472 g/mol. The van der Waals surface area contributed by atoms with Crippen LogP contribution in [-0.2, 0) is 19.2 Å². The molecule has 2 saturated heterocycles. The molecule has 0 unspecified atom stereocenters. The average molecular weight is 521 g/mol. The monoisotopic (exact) mass is 520 g/mol. The second kappa shape index (κ2) is 13.4. The van der Waals surface area contributed by atoms with Crippen LogP contribution in [0.5, 0.6) is 0 Å². The van der Waals surface area contributed by atoms with E-state index in [2.05, 4.69) is 24.1 Å². The number of carbonyl (C=O) groups is 4. The van der Waals surface area contributed by atoms with Crippen molar-refractivity contribution in [2.24, 2.45) is 11.8 Å². The van der Waals surface area contributed by atoms with E-state index in [9.17, 15) is 24.3 Å². The fourth-order valence-corrected chi connectivity index (χ4v) is 5.55. The predicted octanol–water partition coefficient (Wildman–Crippen LogP) is 2.90. The van der Waals surface area contributed by atoms with Crippen LogP contribution in [0, 0.1) is 11.8 Å². The van der Waals surface area contributed by atoms with Crippen molar-refractivity contribution in [2.75, 3.05) is 20.1 Å². The molecule has 2 aliphatic heterocycles. The summed E-state index contributed by atoms with van der Waals surface area (Å²) < 4.78 is 0. The molecule has 0 aromatic rings. The molecule has 0 saturated carbocycles. The van der Waals surface area contributed by atoms with Gasteiger partial charge in [-0.2, -0.15) is 0 Å². The molecule has 0 aliphatic carbocycles. The van der Waals surface area contributed by atoms with Crippen molar-refractivity contribution in [3.05, 3.63) is 11.6 Å². The highest BCUT2D eigenvalue weighted by molar-refractivity contribution is 5.96. The number of nitrogens with zero attached hydrogens (tertiary/aromatic N) is 3. The molecule has 2 heterocycles. The number of carboxylic acids is 1. The van der Waals surface area contributed by atoms with Gasteiger partial charge in [-0.3, -0.25) is 19.3 Å². The van der Waals surface area contributed by atoms with Crippen molar-refractivity contribution in [3.63, 3.8) is 0 Å². The Morgan fingerprint density at radius 2 is 1.54 bits per heavy atom. The van der Waals surface area contributed by atoms with Crippen LogP contribution in [0.15, 0.2) is 11.6 Å². The highest BCUT2D eigenvalue weighted by Crippen LogP contribution is 2.23. The van der Waals surface area contributed by atoms with E-state index in [4.69, 9.17) is 0 Å². The van der Waals surface area contributed by atoms with Crippen molar-refractivity contribution >= 4 is 23.7 Å². The third-order valence-corrected chi connectivity index (χ3v) is 7.78. The molecule has 4 atom stereocenters. The standard InChI is InChI=1S/C28H48N4O5/c1-17(2)23(16-20(7)26(34)32-15-11-13-22(32)28(36)37)30(8)27(35)24(18(3)4)29-25(33)21-12-9-10-14-31(21)19(5)6/h16-19,21-24H,9-15H2,1-8H3,(H,29,33)(H,36,37)/t21-,22+,23-,24+/m1/s1. The van der Waals surface area contributed by atoms with Gasteiger partial charge in [-0.1, -0.05) is 40.2 Å². The van der Waals surface area contributed by atoms with E-state index in [0.717, 1.165) is 25.8 Å². The van der Waals surface area contributed by atoms with Crippen LogP contribution in [0.2, 0.25) is 0 Å². The number of hydrogen-bond acceptors (Lipinski definition) is 5. The topological polar surface area (TPSA) is 110 Å². The lowest BCUT2D eigenvalue weighted by atomic mass is 9.95. The molecule has 2 aliphatic rings. The molecule has 2 N–H and O–H groups in total. The van der Waals surface area contributed by atoms with E-state index in [1.54, 1.807) is 24.9 Å². The number of carbonyl (C=O) groups excluding carboxylic acids is 3. The van der Waals surface area contributed by atoms with E-state index in [-0.39, 0.29) is 47.7 Å². The molecular formula is C28H48N4O5. The summed E-state index contributed by atoms with van der Waals surface area (Å²) in [4.78, 5) is 56.9. The first-order valence-corrected chi connectivity index (χ1v) is 13.8. The molecule has 9 nitrogen and oxygen atoms in total. The first-order chi connectivity index (χ1) is 17.3. The lowest BCUT2D eigenvalue weighted by Gasteiger charge is -2.39. The molecule has 0 aromatic carbocycles. The molecule has 3 amide bonds. The quantitative estimate of drug-likeness (QED) is 0.429. The van der Waals surface area contributed by atoms with Crippen molar-refractivity contribution in [2.45, 2.75) is 111 Å². The van der Waals surface area contributed by atoms with E-state index in [1.165, 1.54) is 4.90 Å². The van der Waals surface area contributed by atoms with Crippen LogP contribution < -0.4 is 5.32 Å². The summed E-state index contributed by atoms with van der Waals surface area (Å²) in [6.07, 6.45) is 5.73. The molecule has 210 valence electrons. The number of likely N-dealkylation sites (N-methyl/N-ethyl adjacent to an activating group) is 1. The number of amides is 3.